The minimum atomic E-state index is 0.470. The van der Waals surface area contributed by atoms with Crippen LogP contribution in [0.4, 0.5) is 0 Å². The molecule has 2 N–H and O–H groups in total. The first-order valence-electron chi connectivity index (χ1n) is 9.17. The second-order valence-corrected chi connectivity index (χ2v) is 7.87. The molecule has 0 aliphatic carbocycles. The van der Waals surface area contributed by atoms with Gasteiger partial charge in [0.2, 0.25) is 0 Å². The molecule has 0 atom stereocenters. The van der Waals surface area contributed by atoms with E-state index in [1.165, 1.54) is 11.1 Å². The van der Waals surface area contributed by atoms with Crippen LogP contribution >= 0.6 is 11.3 Å². The number of hydrogen-bond acceptors (Lipinski definition) is 4. The Bertz CT molecular complexity index is 688. The van der Waals surface area contributed by atoms with Crippen molar-refractivity contribution < 1.29 is 0 Å². The summed E-state index contributed by atoms with van der Waals surface area (Å²) in [5.74, 6) is 1.29. The molecule has 5 nitrogen and oxygen atoms in total. The molecule has 0 radical (unpaired) electrons. The number of hydrogen-bond donors (Lipinski definition) is 2. The molecule has 2 rings (SSSR count). The first kappa shape index (κ1) is 20.4. The van der Waals surface area contributed by atoms with E-state index in [2.05, 4.69) is 85.0 Å². The van der Waals surface area contributed by atoms with Crippen molar-refractivity contribution in [3.63, 3.8) is 0 Å². The Morgan fingerprint density at radius 1 is 1.15 bits per heavy atom. The third-order valence-corrected chi connectivity index (χ3v) is 4.72. The molecule has 1 heterocycles. The maximum absolute atomic E-state index is 4.69. The smallest absolute Gasteiger partial charge is 0.191 e. The highest BCUT2D eigenvalue weighted by Gasteiger charge is 2.06. The van der Waals surface area contributed by atoms with Gasteiger partial charge in [0.1, 0.15) is 5.01 Å². The van der Waals surface area contributed by atoms with E-state index in [0.717, 1.165) is 29.8 Å². The van der Waals surface area contributed by atoms with E-state index in [1.54, 1.807) is 11.3 Å². The minimum Gasteiger partial charge on any atom is -0.357 e. The summed E-state index contributed by atoms with van der Waals surface area (Å²) in [6, 6.07) is 8.66. The molecule has 0 saturated carbocycles. The average Bonchev–Trinajstić information content (AvgIpc) is 3.07. The van der Waals surface area contributed by atoms with Crippen molar-refractivity contribution in [1.29, 1.82) is 0 Å². The van der Waals surface area contributed by atoms with E-state index in [0.29, 0.717) is 19.0 Å². The number of aliphatic imine (C=N–C) groups is 1. The molecule has 26 heavy (non-hydrogen) atoms. The normalized spacial score (nSPS) is 12.0. The Morgan fingerprint density at radius 2 is 1.85 bits per heavy atom. The molecule has 0 fully saturated rings. The lowest BCUT2D eigenvalue weighted by molar-refractivity contribution is 0.402. The molecule has 1 aromatic heterocycles. The zero-order chi connectivity index (χ0) is 18.9. The minimum absolute atomic E-state index is 0.470. The Hall–Kier alpha value is -1.92. The number of thiazole rings is 1. The fourth-order valence-corrected chi connectivity index (χ4v) is 3.35. The number of rotatable bonds is 8. The first-order valence-corrected chi connectivity index (χ1v) is 10.0. The number of nitrogens with zero attached hydrogens (tertiary/aromatic N) is 3. The van der Waals surface area contributed by atoms with Gasteiger partial charge < -0.3 is 15.5 Å². The fraction of sp³-hybridized carbons (Fsp3) is 0.500. The van der Waals surface area contributed by atoms with Crippen LogP contribution in [0.2, 0.25) is 0 Å². The quantitative estimate of drug-likeness (QED) is 0.548. The van der Waals surface area contributed by atoms with Crippen LogP contribution < -0.4 is 10.6 Å². The lowest BCUT2D eigenvalue weighted by Crippen LogP contribution is -2.36. The second-order valence-electron chi connectivity index (χ2n) is 6.92. The molecule has 0 spiro atoms. The van der Waals surface area contributed by atoms with Crippen molar-refractivity contribution in [2.75, 3.05) is 20.6 Å². The molecular formula is C20H31N5S. The molecular weight excluding hydrogens is 342 g/mol. The third kappa shape index (κ3) is 6.77. The lowest BCUT2D eigenvalue weighted by atomic mass is 10.1. The highest BCUT2D eigenvalue weighted by molar-refractivity contribution is 7.09. The number of aromatic nitrogens is 1. The standard InChI is InChI=1S/C20H31N5S/c1-6-21-20(23-12-19-24-18(14-26-19)15(2)3)22-11-16-7-9-17(10-8-16)13-25(4)5/h7-10,14-15H,6,11-13H2,1-5H3,(H2,21,22,23). The van der Waals surface area contributed by atoms with E-state index < -0.39 is 0 Å². The number of guanidine groups is 1. The van der Waals surface area contributed by atoms with Crippen molar-refractivity contribution >= 4 is 17.3 Å². The van der Waals surface area contributed by atoms with E-state index in [-0.39, 0.29) is 0 Å². The van der Waals surface area contributed by atoms with Crippen LogP contribution in [0.25, 0.3) is 0 Å². The molecule has 0 unspecified atom stereocenters. The van der Waals surface area contributed by atoms with Gasteiger partial charge in [0.05, 0.1) is 18.8 Å². The van der Waals surface area contributed by atoms with Crippen molar-refractivity contribution in [3.05, 3.63) is 51.5 Å². The maximum Gasteiger partial charge on any atom is 0.191 e. The van der Waals surface area contributed by atoms with Crippen LogP contribution in [-0.4, -0.2) is 36.5 Å². The maximum atomic E-state index is 4.69. The van der Waals surface area contributed by atoms with Crippen LogP contribution in [0.5, 0.6) is 0 Å². The van der Waals surface area contributed by atoms with Crippen LogP contribution in [0.1, 0.15) is 48.5 Å². The molecule has 0 aliphatic heterocycles. The van der Waals surface area contributed by atoms with Crippen molar-refractivity contribution in [2.24, 2.45) is 4.99 Å². The van der Waals surface area contributed by atoms with Crippen molar-refractivity contribution in [3.8, 4) is 0 Å². The van der Waals surface area contributed by atoms with E-state index >= 15 is 0 Å². The van der Waals surface area contributed by atoms with Gasteiger partial charge in [-0.1, -0.05) is 38.1 Å². The van der Waals surface area contributed by atoms with Gasteiger partial charge in [-0.25, -0.2) is 9.98 Å². The SMILES string of the molecule is CCNC(=NCc1ccc(CN(C)C)cc1)NCc1nc(C(C)C)cs1. The Balaban J connectivity index is 1.92. The summed E-state index contributed by atoms with van der Waals surface area (Å²) in [7, 11) is 4.16. The summed E-state index contributed by atoms with van der Waals surface area (Å²) in [5, 5.41) is 9.91. The lowest BCUT2D eigenvalue weighted by Gasteiger charge is -2.11. The monoisotopic (exact) mass is 373 g/mol. The second kappa shape index (κ2) is 10.3. The molecule has 2 aromatic rings. The van der Waals surface area contributed by atoms with Crippen LogP contribution in [-0.2, 0) is 19.6 Å². The molecule has 0 amide bonds. The summed E-state index contributed by atoms with van der Waals surface area (Å²) in [5.41, 5.74) is 3.69. The van der Waals surface area contributed by atoms with Gasteiger partial charge in [-0.15, -0.1) is 11.3 Å². The summed E-state index contributed by atoms with van der Waals surface area (Å²) >= 11 is 1.70. The average molecular weight is 374 g/mol. The molecule has 0 saturated heterocycles. The van der Waals surface area contributed by atoms with Gasteiger partial charge in [0.15, 0.2) is 5.96 Å². The highest BCUT2D eigenvalue weighted by Crippen LogP contribution is 2.17. The largest absolute Gasteiger partial charge is 0.357 e. The summed E-state index contributed by atoms with van der Waals surface area (Å²) < 4.78 is 0. The predicted octanol–water partition coefficient (Wildman–Crippen LogP) is 3.58. The van der Waals surface area contributed by atoms with Gasteiger partial charge >= 0.3 is 0 Å². The summed E-state index contributed by atoms with van der Waals surface area (Å²) in [6.45, 7) is 9.57. The molecule has 6 heteroatoms. The zero-order valence-corrected chi connectivity index (χ0v) is 17.4. The van der Waals surface area contributed by atoms with Gasteiger partial charge in [0.25, 0.3) is 0 Å². The van der Waals surface area contributed by atoms with Crippen LogP contribution in [0, 0.1) is 0 Å². The van der Waals surface area contributed by atoms with Gasteiger partial charge in [-0.05, 0) is 38.1 Å². The molecule has 0 bridgehead atoms. The Morgan fingerprint density at radius 3 is 2.42 bits per heavy atom. The Kier molecular flexibility index (Phi) is 8.06. The fourth-order valence-electron chi connectivity index (χ4n) is 2.46. The third-order valence-electron chi connectivity index (χ3n) is 3.85. The first-order chi connectivity index (χ1) is 12.5. The van der Waals surface area contributed by atoms with Crippen LogP contribution in [0.15, 0.2) is 34.6 Å². The predicted molar refractivity (Wildman–Crippen MR) is 112 cm³/mol. The topological polar surface area (TPSA) is 52.6 Å². The van der Waals surface area contributed by atoms with E-state index in [9.17, 15) is 0 Å². The number of nitrogens with one attached hydrogen (secondary N) is 2. The Labute approximate surface area is 161 Å². The van der Waals surface area contributed by atoms with Gasteiger partial charge in [-0.2, -0.15) is 0 Å². The van der Waals surface area contributed by atoms with Gasteiger partial charge in [0, 0.05) is 18.5 Å². The molecule has 142 valence electrons. The van der Waals surface area contributed by atoms with Crippen LogP contribution in [0.3, 0.4) is 0 Å². The van der Waals surface area contributed by atoms with E-state index in [1.807, 2.05) is 0 Å². The highest BCUT2D eigenvalue weighted by atomic mass is 32.1. The molecule has 1 aromatic carbocycles. The van der Waals surface area contributed by atoms with Crippen molar-refractivity contribution in [2.45, 2.75) is 46.3 Å². The number of benzene rings is 1. The summed E-state index contributed by atoms with van der Waals surface area (Å²) in [4.78, 5) is 11.5. The van der Waals surface area contributed by atoms with Gasteiger partial charge in [-0.3, -0.25) is 0 Å². The summed E-state index contributed by atoms with van der Waals surface area (Å²) in [6.07, 6.45) is 0. The zero-order valence-electron chi connectivity index (χ0n) is 16.5. The molecule has 0 aliphatic rings. The van der Waals surface area contributed by atoms with E-state index in [4.69, 9.17) is 4.99 Å². The van der Waals surface area contributed by atoms with Crippen molar-refractivity contribution in [1.82, 2.24) is 20.5 Å².